The van der Waals surface area contributed by atoms with Gasteiger partial charge < -0.3 is 11.1 Å². The lowest BCUT2D eigenvalue weighted by atomic mass is 10.1. The maximum atomic E-state index is 11.6. The van der Waals surface area contributed by atoms with Gasteiger partial charge in [0.25, 0.3) is 0 Å². The largest absolute Gasteiger partial charge is 0.352 e. The standard InChI is InChI=1S/C14H21BrN2O/c15-13-7-5-6-12(10-13)11-17-14(18)8-3-1-2-4-9-16/h5-7,10H,1-4,8-9,11,16H2,(H,17,18). The fourth-order valence-electron chi connectivity index (χ4n) is 1.72. The van der Waals surface area contributed by atoms with Crippen molar-refractivity contribution in [3.63, 3.8) is 0 Å². The molecule has 3 nitrogen and oxygen atoms in total. The van der Waals surface area contributed by atoms with E-state index in [1.165, 1.54) is 0 Å². The van der Waals surface area contributed by atoms with Crippen molar-refractivity contribution in [3.8, 4) is 0 Å². The van der Waals surface area contributed by atoms with Crippen LogP contribution in [0.25, 0.3) is 0 Å². The molecule has 0 radical (unpaired) electrons. The van der Waals surface area contributed by atoms with Crippen LogP contribution < -0.4 is 11.1 Å². The first kappa shape index (κ1) is 15.2. The molecule has 18 heavy (non-hydrogen) atoms. The van der Waals surface area contributed by atoms with E-state index >= 15 is 0 Å². The molecule has 100 valence electrons. The molecule has 0 aliphatic carbocycles. The highest BCUT2D eigenvalue weighted by Crippen LogP contribution is 2.11. The Hall–Kier alpha value is -0.870. The summed E-state index contributed by atoms with van der Waals surface area (Å²) in [6.45, 7) is 1.34. The summed E-state index contributed by atoms with van der Waals surface area (Å²) in [6.07, 6.45) is 4.82. The van der Waals surface area contributed by atoms with E-state index in [-0.39, 0.29) is 5.91 Å². The Balaban J connectivity index is 2.13. The molecule has 0 saturated heterocycles. The zero-order valence-electron chi connectivity index (χ0n) is 10.6. The number of amides is 1. The molecule has 1 rings (SSSR count). The van der Waals surface area contributed by atoms with E-state index in [0.29, 0.717) is 13.0 Å². The Morgan fingerprint density at radius 1 is 1.22 bits per heavy atom. The summed E-state index contributed by atoms with van der Waals surface area (Å²) >= 11 is 3.41. The van der Waals surface area contributed by atoms with Gasteiger partial charge in [0.2, 0.25) is 5.91 Å². The first-order valence-corrected chi connectivity index (χ1v) is 7.23. The Morgan fingerprint density at radius 2 is 2.00 bits per heavy atom. The lowest BCUT2D eigenvalue weighted by molar-refractivity contribution is -0.121. The SMILES string of the molecule is NCCCCCCC(=O)NCc1cccc(Br)c1. The molecule has 0 unspecified atom stereocenters. The van der Waals surface area contributed by atoms with Gasteiger partial charge in [-0.2, -0.15) is 0 Å². The summed E-state index contributed by atoms with van der Waals surface area (Å²) in [4.78, 5) is 11.6. The average Bonchev–Trinajstić information content (AvgIpc) is 2.36. The monoisotopic (exact) mass is 312 g/mol. The number of hydrogen-bond acceptors (Lipinski definition) is 2. The van der Waals surface area contributed by atoms with Gasteiger partial charge in [-0.3, -0.25) is 4.79 Å². The van der Waals surface area contributed by atoms with Crippen LogP contribution in [0.2, 0.25) is 0 Å². The Kier molecular flexibility index (Phi) is 7.69. The molecule has 0 saturated carbocycles. The van der Waals surface area contributed by atoms with Crippen LogP contribution in [0.1, 0.15) is 37.7 Å². The molecule has 4 heteroatoms. The molecule has 0 aromatic heterocycles. The van der Waals surface area contributed by atoms with Gasteiger partial charge in [-0.1, -0.05) is 40.9 Å². The number of carbonyl (C=O) groups excluding carboxylic acids is 1. The molecule has 0 aliphatic heterocycles. The number of halogens is 1. The number of carbonyl (C=O) groups is 1. The highest BCUT2D eigenvalue weighted by atomic mass is 79.9. The lowest BCUT2D eigenvalue weighted by Gasteiger charge is -2.05. The minimum absolute atomic E-state index is 0.128. The van der Waals surface area contributed by atoms with Gasteiger partial charge in [0, 0.05) is 17.4 Å². The third kappa shape index (κ3) is 6.77. The van der Waals surface area contributed by atoms with Crippen molar-refractivity contribution in [1.82, 2.24) is 5.32 Å². The van der Waals surface area contributed by atoms with Crippen molar-refractivity contribution >= 4 is 21.8 Å². The molecule has 1 aromatic carbocycles. The van der Waals surface area contributed by atoms with Gasteiger partial charge in [-0.05, 0) is 37.1 Å². The van der Waals surface area contributed by atoms with Crippen molar-refractivity contribution in [2.45, 2.75) is 38.6 Å². The molecule has 0 spiro atoms. The molecule has 1 aromatic rings. The molecular weight excluding hydrogens is 292 g/mol. The summed E-state index contributed by atoms with van der Waals surface area (Å²) in [7, 11) is 0. The number of rotatable bonds is 8. The Bertz CT molecular complexity index is 369. The maximum Gasteiger partial charge on any atom is 0.220 e. The van der Waals surface area contributed by atoms with Crippen LogP contribution in [0.5, 0.6) is 0 Å². The van der Waals surface area contributed by atoms with E-state index in [9.17, 15) is 4.79 Å². The fraction of sp³-hybridized carbons (Fsp3) is 0.500. The van der Waals surface area contributed by atoms with Crippen LogP contribution in [0.15, 0.2) is 28.7 Å². The van der Waals surface area contributed by atoms with Crippen molar-refractivity contribution in [2.24, 2.45) is 5.73 Å². The number of benzene rings is 1. The van der Waals surface area contributed by atoms with Gasteiger partial charge in [0.1, 0.15) is 0 Å². The third-order valence-corrected chi connectivity index (χ3v) is 3.23. The van der Waals surface area contributed by atoms with Crippen molar-refractivity contribution in [2.75, 3.05) is 6.54 Å². The molecule has 0 fully saturated rings. The second kappa shape index (κ2) is 9.11. The number of nitrogens with one attached hydrogen (secondary N) is 1. The van der Waals surface area contributed by atoms with Gasteiger partial charge in [0.05, 0.1) is 0 Å². The summed E-state index contributed by atoms with van der Waals surface area (Å²) in [5, 5.41) is 2.93. The van der Waals surface area contributed by atoms with Crippen LogP contribution in [0.4, 0.5) is 0 Å². The van der Waals surface area contributed by atoms with Gasteiger partial charge in [0.15, 0.2) is 0 Å². The van der Waals surface area contributed by atoms with E-state index in [0.717, 1.165) is 42.3 Å². The summed E-state index contributed by atoms with van der Waals surface area (Å²) in [6, 6.07) is 7.97. The van der Waals surface area contributed by atoms with E-state index in [1.54, 1.807) is 0 Å². The first-order valence-electron chi connectivity index (χ1n) is 6.43. The smallest absolute Gasteiger partial charge is 0.220 e. The quantitative estimate of drug-likeness (QED) is 0.725. The van der Waals surface area contributed by atoms with Crippen LogP contribution >= 0.6 is 15.9 Å². The molecule has 0 heterocycles. The van der Waals surface area contributed by atoms with Crippen molar-refractivity contribution in [3.05, 3.63) is 34.3 Å². The van der Waals surface area contributed by atoms with E-state index in [2.05, 4.69) is 21.2 Å². The summed E-state index contributed by atoms with van der Waals surface area (Å²) in [5.41, 5.74) is 6.52. The molecular formula is C14H21BrN2O. The van der Waals surface area contributed by atoms with E-state index in [4.69, 9.17) is 5.73 Å². The summed E-state index contributed by atoms with van der Waals surface area (Å²) < 4.78 is 1.04. The maximum absolute atomic E-state index is 11.6. The highest BCUT2D eigenvalue weighted by Gasteiger charge is 2.01. The predicted octanol–water partition coefficient (Wildman–Crippen LogP) is 2.97. The molecule has 0 bridgehead atoms. The number of nitrogens with two attached hydrogens (primary N) is 1. The minimum Gasteiger partial charge on any atom is -0.352 e. The molecule has 0 aliphatic rings. The van der Waals surface area contributed by atoms with Gasteiger partial charge >= 0.3 is 0 Å². The lowest BCUT2D eigenvalue weighted by Crippen LogP contribution is -2.22. The average molecular weight is 313 g/mol. The molecule has 3 N–H and O–H groups in total. The molecule has 0 atom stereocenters. The summed E-state index contributed by atoms with van der Waals surface area (Å²) in [5.74, 6) is 0.128. The first-order chi connectivity index (χ1) is 8.72. The Morgan fingerprint density at radius 3 is 2.72 bits per heavy atom. The predicted molar refractivity (Wildman–Crippen MR) is 78.1 cm³/mol. The van der Waals surface area contributed by atoms with Crippen LogP contribution in [-0.4, -0.2) is 12.5 Å². The minimum atomic E-state index is 0.128. The topological polar surface area (TPSA) is 55.1 Å². The van der Waals surface area contributed by atoms with Gasteiger partial charge in [-0.15, -0.1) is 0 Å². The van der Waals surface area contributed by atoms with E-state index < -0.39 is 0 Å². The van der Waals surface area contributed by atoms with Gasteiger partial charge in [-0.25, -0.2) is 0 Å². The van der Waals surface area contributed by atoms with Crippen molar-refractivity contribution in [1.29, 1.82) is 0 Å². The van der Waals surface area contributed by atoms with Crippen molar-refractivity contribution < 1.29 is 4.79 Å². The van der Waals surface area contributed by atoms with Crippen LogP contribution in [0.3, 0.4) is 0 Å². The highest BCUT2D eigenvalue weighted by molar-refractivity contribution is 9.10. The Labute approximate surface area is 117 Å². The zero-order chi connectivity index (χ0) is 13.2. The second-order valence-corrected chi connectivity index (χ2v) is 5.28. The number of hydrogen-bond donors (Lipinski definition) is 2. The normalized spacial score (nSPS) is 10.3. The van der Waals surface area contributed by atoms with E-state index in [1.807, 2.05) is 24.3 Å². The molecule has 1 amide bonds. The van der Waals surface area contributed by atoms with Crippen LogP contribution in [0, 0.1) is 0 Å². The zero-order valence-corrected chi connectivity index (χ0v) is 12.2. The number of unbranched alkanes of at least 4 members (excludes halogenated alkanes) is 3. The fourth-order valence-corrected chi connectivity index (χ4v) is 2.17. The second-order valence-electron chi connectivity index (χ2n) is 4.36. The van der Waals surface area contributed by atoms with Crippen LogP contribution in [-0.2, 0) is 11.3 Å². The third-order valence-electron chi connectivity index (χ3n) is 2.74.